The van der Waals surface area contributed by atoms with Crippen LogP contribution in [0.5, 0.6) is 0 Å². The number of carbonyl (C=O) groups is 2. The smallest absolute Gasteiger partial charge is 0.410 e. The van der Waals surface area contributed by atoms with Crippen molar-refractivity contribution >= 4 is 12.1 Å². The molecular formula is C12H16N3O4-. The van der Waals surface area contributed by atoms with E-state index in [2.05, 4.69) is 4.98 Å². The molecule has 0 unspecified atom stereocenters. The van der Waals surface area contributed by atoms with Gasteiger partial charge in [-0.25, -0.2) is 9.78 Å². The minimum Gasteiger partial charge on any atom is -0.543 e. The van der Waals surface area contributed by atoms with Gasteiger partial charge in [0.15, 0.2) is 0 Å². The van der Waals surface area contributed by atoms with Gasteiger partial charge in [-0.2, -0.15) is 0 Å². The maximum Gasteiger partial charge on any atom is 0.410 e. The van der Waals surface area contributed by atoms with Crippen molar-refractivity contribution in [3.8, 4) is 0 Å². The Bertz CT molecular complexity index is 516. The lowest BCUT2D eigenvalue weighted by molar-refractivity contribution is -0.255. The van der Waals surface area contributed by atoms with Crippen LogP contribution in [0, 0.1) is 0 Å². The zero-order chi connectivity index (χ0) is 14.2. The highest BCUT2D eigenvalue weighted by Crippen LogP contribution is 2.16. The fourth-order valence-corrected chi connectivity index (χ4v) is 1.83. The molecular weight excluding hydrogens is 250 g/mol. The number of carboxylic acids is 1. The van der Waals surface area contributed by atoms with Crippen molar-refractivity contribution in [1.82, 2.24) is 14.5 Å². The molecule has 0 aromatic carbocycles. The van der Waals surface area contributed by atoms with Crippen LogP contribution in [-0.2, 0) is 17.8 Å². The van der Waals surface area contributed by atoms with E-state index in [4.69, 9.17) is 4.74 Å². The summed E-state index contributed by atoms with van der Waals surface area (Å²) in [4.78, 5) is 28.1. The third-order valence-electron chi connectivity index (χ3n) is 2.66. The molecule has 2 heterocycles. The molecule has 0 aliphatic carbocycles. The third kappa shape index (κ3) is 3.04. The fraction of sp³-hybridized carbons (Fsp3) is 0.583. The first kappa shape index (κ1) is 13.4. The monoisotopic (exact) mass is 266 g/mol. The number of hydrogen-bond acceptors (Lipinski definition) is 5. The normalized spacial score (nSPS) is 15.0. The summed E-state index contributed by atoms with van der Waals surface area (Å²) in [6.07, 6.45) is 1.01. The number of nitrogens with zero attached hydrogens (tertiary/aromatic N) is 3. The first-order valence-electron chi connectivity index (χ1n) is 6.01. The van der Waals surface area contributed by atoms with Gasteiger partial charge in [0.1, 0.15) is 17.1 Å². The van der Waals surface area contributed by atoms with Crippen LogP contribution >= 0.6 is 0 Å². The van der Waals surface area contributed by atoms with Gasteiger partial charge in [-0.3, -0.25) is 4.90 Å². The molecule has 0 N–H and O–H groups in total. The van der Waals surface area contributed by atoms with E-state index in [1.54, 1.807) is 25.3 Å². The number of fused-ring (bicyclic) bond motifs is 1. The molecule has 1 amide bonds. The first-order chi connectivity index (χ1) is 8.76. The fourth-order valence-electron chi connectivity index (χ4n) is 1.83. The second-order valence-electron chi connectivity index (χ2n) is 5.43. The molecule has 0 atom stereocenters. The van der Waals surface area contributed by atoms with Crippen LogP contribution in [0.3, 0.4) is 0 Å². The van der Waals surface area contributed by atoms with Gasteiger partial charge in [-0.15, -0.1) is 0 Å². The van der Waals surface area contributed by atoms with E-state index in [0.717, 1.165) is 0 Å². The summed E-state index contributed by atoms with van der Waals surface area (Å²) in [6, 6.07) is 0. The van der Waals surface area contributed by atoms with Crippen molar-refractivity contribution in [2.45, 2.75) is 39.5 Å². The molecule has 1 aromatic rings. The highest BCUT2D eigenvalue weighted by atomic mass is 16.6. The maximum absolute atomic E-state index is 11.9. The highest BCUT2D eigenvalue weighted by Gasteiger charge is 2.26. The van der Waals surface area contributed by atoms with E-state index in [9.17, 15) is 14.7 Å². The van der Waals surface area contributed by atoms with Crippen molar-refractivity contribution in [2.24, 2.45) is 0 Å². The predicted molar refractivity (Wildman–Crippen MR) is 63.2 cm³/mol. The summed E-state index contributed by atoms with van der Waals surface area (Å²) in [5, 5.41) is 10.7. The summed E-state index contributed by atoms with van der Waals surface area (Å²) in [7, 11) is 0. The Morgan fingerprint density at radius 1 is 1.37 bits per heavy atom. The van der Waals surface area contributed by atoms with Crippen LogP contribution in [0.4, 0.5) is 4.79 Å². The number of rotatable bonds is 1. The summed E-state index contributed by atoms with van der Waals surface area (Å²) in [5.41, 5.74) is -0.666. The molecule has 7 heteroatoms. The Labute approximate surface area is 110 Å². The molecule has 0 radical (unpaired) electrons. The number of ether oxygens (including phenoxy) is 1. The van der Waals surface area contributed by atoms with Gasteiger partial charge in [0, 0.05) is 19.3 Å². The number of aromatic nitrogens is 2. The van der Waals surface area contributed by atoms with E-state index in [1.165, 1.54) is 11.1 Å². The van der Waals surface area contributed by atoms with Gasteiger partial charge in [-0.1, -0.05) is 0 Å². The SMILES string of the molecule is CC(C)(C)OC(=O)N1CCn2cc(C(=O)[O-])nc2C1. The van der Waals surface area contributed by atoms with Crippen LogP contribution in [0.15, 0.2) is 6.20 Å². The van der Waals surface area contributed by atoms with E-state index < -0.39 is 17.7 Å². The number of carboxylic acid groups (broad SMARTS) is 1. The Morgan fingerprint density at radius 3 is 2.63 bits per heavy atom. The standard InChI is InChI=1S/C12H17N3O4/c1-12(2,3)19-11(18)15-5-4-14-6-8(10(16)17)13-9(14)7-15/h6H,4-5,7H2,1-3H3,(H,16,17)/p-1. The quantitative estimate of drug-likeness (QED) is 0.713. The molecule has 7 nitrogen and oxygen atoms in total. The van der Waals surface area contributed by atoms with Crippen LogP contribution in [-0.4, -0.2) is 38.7 Å². The Balaban J connectivity index is 2.09. The number of imidazole rings is 1. The highest BCUT2D eigenvalue weighted by molar-refractivity contribution is 5.83. The van der Waals surface area contributed by atoms with E-state index in [0.29, 0.717) is 18.9 Å². The van der Waals surface area contributed by atoms with E-state index in [-0.39, 0.29) is 12.2 Å². The number of amides is 1. The molecule has 1 aliphatic heterocycles. The molecule has 0 spiro atoms. The summed E-state index contributed by atoms with van der Waals surface area (Å²) < 4.78 is 6.98. The van der Waals surface area contributed by atoms with Gasteiger partial charge in [0.25, 0.3) is 0 Å². The van der Waals surface area contributed by atoms with E-state index in [1.807, 2.05) is 0 Å². The minimum absolute atomic E-state index is 0.110. The lowest BCUT2D eigenvalue weighted by atomic mass is 10.2. The number of hydrogen-bond donors (Lipinski definition) is 0. The third-order valence-corrected chi connectivity index (χ3v) is 2.66. The maximum atomic E-state index is 11.9. The molecule has 0 bridgehead atoms. The van der Waals surface area contributed by atoms with Crippen LogP contribution < -0.4 is 5.11 Å². The van der Waals surface area contributed by atoms with E-state index >= 15 is 0 Å². The zero-order valence-corrected chi connectivity index (χ0v) is 11.2. The number of aromatic carboxylic acids is 1. The van der Waals surface area contributed by atoms with Crippen molar-refractivity contribution < 1.29 is 19.4 Å². The largest absolute Gasteiger partial charge is 0.543 e. The van der Waals surface area contributed by atoms with Crippen molar-refractivity contribution in [1.29, 1.82) is 0 Å². The van der Waals surface area contributed by atoms with Gasteiger partial charge < -0.3 is 19.2 Å². The molecule has 104 valence electrons. The summed E-state index contributed by atoms with van der Waals surface area (Å²) in [6.45, 7) is 6.58. The Kier molecular flexibility index (Phi) is 3.21. The van der Waals surface area contributed by atoms with Gasteiger partial charge in [0.05, 0.1) is 12.5 Å². The van der Waals surface area contributed by atoms with Crippen LogP contribution in [0.2, 0.25) is 0 Å². The first-order valence-corrected chi connectivity index (χ1v) is 6.01. The summed E-state index contributed by atoms with van der Waals surface area (Å²) >= 11 is 0. The molecule has 1 aromatic heterocycles. The van der Waals surface area contributed by atoms with Crippen molar-refractivity contribution in [2.75, 3.05) is 6.54 Å². The molecule has 19 heavy (non-hydrogen) atoms. The lowest BCUT2D eigenvalue weighted by Crippen LogP contribution is -2.41. The molecule has 1 aliphatic rings. The van der Waals surface area contributed by atoms with Crippen LogP contribution in [0.1, 0.15) is 37.1 Å². The van der Waals surface area contributed by atoms with Crippen molar-refractivity contribution in [3.63, 3.8) is 0 Å². The Morgan fingerprint density at radius 2 is 2.05 bits per heavy atom. The predicted octanol–water partition coefficient (Wildman–Crippen LogP) is -0.00270. The lowest BCUT2D eigenvalue weighted by Gasteiger charge is -2.30. The average molecular weight is 266 g/mol. The second-order valence-corrected chi connectivity index (χ2v) is 5.43. The molecule has 0 fully saturated rings. The number of carbonyl (C=O) groups excluding carboxylic acids is 2. The average Bonchev–Trinajstić information content (AvgIpc) is 2.69. The summed E-state index contributed by atoms with van der Waals surface area (Å²) in [5.74, 6) is -0.790. The topological polar surface area (TPSA) is 87.5 Å². The molecule has 2 rings (SSSR count). The van der Waals surface area contributed by atoms with Gasteiger partial charge in [0.2, 0.25) is 0 Å². The Hall–Kier alpha value is -2.05. The van der Waals surface area contributed by atoms with Crippen molar-refractivity contribution in [3.05, 3.63) is 17.7 Å². The second kappa shape index (κ2) is 4.56. The molecule has 0 saturated heterocycles. The van der Waals surface area contributed by atoms with Gasteiger partial charge >= 0.3 is 6.09 Å². The zero-order valence-electron chi connectivity index (χ0n) is 11.2. The minimum atomic E-state index is -1.31. The van der Waals surface area contributed by atoms with Gasteiger partial charge in [-0.05, 0) is 20.8 Å². The molecule has 0 saturated carbocycles. The van der Waals surface area contributed by atoms with Crippen LogP contribution in [0.25, 0.3) is 0 Å².